The van der Waals surface area contributed by atoms with E-state index in [4.69, 9.17) is 9.47 Å². The Bertz CT molecular complexity index is 960. The molecule has 8 heteroatoms. The van der Waals surface area contributed by atoms with Crippen molar-refractivity contribution in [3.05, 3.63) is 52.3 Å². The monoisotopic (exact) mass is 400 g/mol. The van der Waals surface area contributed by atoms with Crippen LogP contribution >= 0.6 is 0 Å². The number of carbonyl (C=O) groups excluding carboxylic acids is 4. The SMILES string of the molecule is COc1cccc(C(=O)NCC(=O)O[C@H](C)C(=O)c2[nH]c(C)c(C(C)=O)c2C)c1. The highest BCUT2D eigenvalue weighted by Crippen LogP contribution is 2.20. The van der Waals surface area contributed by atoms with Crippen molar-refractivity contribution in [2.75, 3.05) is 13.7 Å². The molecule has 2 aromatic rings. The van der Waals surface area contributed by atoms with Gasteiger partial charge < -0.3 is 19.8 Å². The van der Waals surface area contributed by atoms with Gasteiger partial charge in [-0.1, -0.05) is 6.07 Å². The summed E-state index contributed by atoms with van der Waals surface area (Å²) in [6, 6.07) is 6.47. The minimum absolute atomic E-state index is 0.153. The number of aryl methyl sites for hydroxylation is 1. The third-order valence-electron chi connectivity index (χ3n) is 4.44. The molecule has 0 fully saturated rings. The number of hydrogen-bond donors (Lipinski definition) is 2. The summed E-state index contributed by atoms with van der Waals surface area (Å²) < 4.78 is 10.2. The minimum Gasteiger partial charge on any atom is -0.497 e. The van der Waals surface area contributed by atoms with Crippen molar-refractivity contribution in [3.8, 4) is 5.75 Å². The Morgan fingerprint density at radius 2 is 1.86 bits per heavy atom. The lowest BCUT2D eigenvalue weighted by Gasteiger charge is -2.13. The van der Waals surface area contributed by atoms with E-state index in [-0.39, 0.29) is 11.5 Å². The van der Waals surface area contributed by atoms with Crippen molar-refractivity contribution in [2.45, 2.75) is 33.8 Å². The van der Waals surface area contributed by atoms with Gasteiger partial charge in [-0.3, -0.25) is 19.2 Å². The maximum Gasteiger partial charge on any atom is 0.326 e. The highest BCUT2D eigenvalue weighted by molar-refractivity contribution is 6.05. The molecule has 0 saturated carbocycles. The second kappa shape index (κ2) is 9.18. The Hall–Kier alpha value is -3.42. The molecular weight excluding hydrogens is 376 g/mol. The summed E-state index contributed by atoms with van der Waals surface area (Å²) in [6.45, 7) is 5.83. The molecule has 1 amide bonds. The predicted molar refractivity (Wildman–Crippen MR) is 105 cm³/mol. The highest BCUT2D eigenvalue weighted by Gasteiger charge is 2.26. The third kappa shape index (κ3) is 5.10. The van der Waals surface area contributed by atoms with E-state index in [2.05, 4.69) is 10.3 Å². The van der Waals surface area contributed by atoms with E-state index in [0.29, 0.717) is 28.1 Å². The van der Waals surface area contributed by atoms with Gasteiger partial charge in [0.2, 0.25) is 5.78 Å². The fourth-order valence-corrected chi connectivity index (χ4v) is 3.04. The van der Waals surface area contributed by atoms with Crippen LogP contribution in [0, 0.1) is 13.8 Å². The lowest BCUT2D eigenvalue weighted by molar-refractivity contribution is -0.145. The van der Waals surface area contributed by atoms with Gasteiger partial charge in [-0.2, -0.15) is 0 Å². The molecular formula is C21H24N2O6. The number of ether oxygens (including phenoxy) is 2. The van der Waals surface area contributed by atoms with Crippen LogP contribution in [0.5, 0.6) is 5.75 Å². The predicted octanol–water partition coefficient (Wildman–Crippen LogP) is 2.39. The molecule has 0 saturated heterocycles. The van der Waals surface area contributed by atoms with Crippen LogP contribution in [0.2, 0.25) is 0 Å². The van der Waals surface area contributed by atoms with E-state index in [1.165, 1.54) is 27.0 Å². The van der Waals surface area contributed by atoms with Gasteiger partial charge in [-0.15, -0.1) is 0 Å². The Morgan fingerprint density at radius 1 is 1.17 bits per heavy atom. The molecule has 154 valence electrons. The van der Waals surface area contributed by atoms with E-state index >= 15 is 0 Å². The third-order valence-corrected chi connectivity index (χ3v) is 4.44. The molecule has 29 heavy (non-hydrogen) atoms. The summed E-state index contributed by atoms with van der Waals surface area (Å²) >= 11 is 0. The first-order valence-electron chi connectivity index (χ1n) is 9.01. The molecule has 1 aromatic carbocycles. The number of ketones is 2. The largest absolute Gasteiger partial charge is 0.497 e. The first-order valence-corrected chi connectivity index (χ1v) is 9.01. The first kappa shape index (κ1) is 21.9. The van der Waals surface area contributed by atoms with E-state index in [1.807, 2.05) is 0 Å². The number of amides is 1. The molecule has 1 heterocycles. The number of methoxy groups -OCH3 is 1. The number of aromatic amines is 1. The van der Waals surface area contributed by atoms with Gasteiger partial charge in [0.15, 0.2) is 11.9 Å². The maximum absolute atomic E-state index is 12.6. The van der Waals surface area contributed by atoms with Crippen LogP contribution in [-0.2, 0) is 9.53 Å². The number of aromatic nitrogens is 1. The van der Waals surface area contributed by atoms with Crippen LogP contribution in [0.15, 0.2) is 24.3 Å². The average Bonchev–Trinajstić information content (AvgIpc) is 2.99. The average molecular weight is 400 g/mol. The molecule has 8 nitrogen and oxygen atoms in total. The molecule has 0 bridgehead atoms. The normalized spacial score (nSPS) is 11.5. The van der Waals surface area contributed by atoms with E-state index in [9.17, 15) is 19.2 Å². The van der Waals surface area contributed by atoms with Crippen LogP contribution < -0.4 is 10.1 Å². The zero-order valence-electron chi connectivity index (χ0n) is 17.0. The number of Topliss-reactive ketones (excluding diaryl/α,β-unsaturated/α-hetero) is 2. The fraction of sp³-hybridized carbons (Fsp3) is 0.333. The van der Waals surface area contributed by atoms with E-state index in [0.717, 1.165) is 0 Å². The quantitative estimate of drug-likeness (QED) is 0.519. The van der Waals surface area contributed by atoms with Crippen molar-refractivity contribution >= 4 is 23.4 Å². The number of benzene rings is 1. The van der Waals surface area contributed by atoms with Gasteiger partial charge in [-0.25, -0.2) is 0 Å². The molecule has 2 rings (SSSR count). The van der Waals surface area contributed by atoms with Gasteiger partial charge in [0.1, 0.15) is 12.3 Å². The van der Waals surface area contributed by atoms with Crippen molar-refractivity contribution in [2.24, 2.45) is 0 Å². The zero-order valence-corrected chi connectivity index (χ0v) is 17.0. The number of esters is 1. The summed E-state index contributed by atoms with van der Waals surface area (Å²) in [5.41, 5.74) is 2.12. The minimum atomic E-state index is -1.08. The zero-order chi connectivity index (χ0) is 21.7. The van der Waals surface area contributed by atoms with E-state index < -0.39 is 30.3 Å². The number of H-pyrrole nitrogens is 1. The van der Waals surface area contributed by atoms with Gasteiger partial charge in [0, 0.05) is 16.8 Å². The number of rotatable bonds is 8. The molecule has 0 aliphatic rings. The van der Waals surface area contributed by atoms with Gasteiger partial charge >= 0.3 is 5.97 Å². The molecule has 0 aliphatic carbocycles. The topological polar surface area (TPSA) is 115 Å². The second-order valence-corrected chi connectivity index (χ2v) is 6.59. The van der Waals surface area contributed by atoms with Gasteiger partial charge in [-0.05, 0) is 51.5 Å². The molecule has 1 aromatic heterocycles. The molecule has 1 atom stereocenters. The molecule has 0 unspecified atom stereocenters. The Kier molecular flexibility index (Phi) is 6.93. The van der Waals surface area contributed by atoms with E-state index in [1.54, 1.807) is 32.0 Å². The Labute approximate surface area is 168 Å². The van der Waals surface area contributed by atoms with Crippen LogP contribution in [0.1, 0.15) is 56.3 Å². The summed E-state index contributed by atoms with van der Waals surface area (Å²) in [6.07, 6.45) is -1.08. The first-order chi connectivity index (χ1) is 13.6. The Balaban J connectivity index is 1.96. The number of nitrogens with one attached hydrogen (secondary N) is 2. The summed E-state index contributed by atoms with van der Waals surface area (Å²) in [7, 11) is 1.49. The smallest absolute Gasteiger partial charge is 0.326 e. The molecule has 0 radical (unpaired) electrons. The summed E-state index contributed by atoms with van der Waals surface area (Å²) in [5.74, 6) is -1.32. The molecule has 2 N–H and O–H groups in total. The lowest BCUT2D eigenvalue weighted by atomic mass is 10.0. The molecule has 0 spiro atoms. The van der Waals surface area contributed by atoms with Crippen molar-refractivity contribution in [3.63, 3.8) is 0 Å². The van der Waals surface area contributed by atoms with Crippen LogP contribution in [-0.4, -0.2) is 48.2 Å². The standard InChI is InChI=1S/C21H24N2O6/c1-11-18(13(3)24)12(2)23-19(11)20(26)14(4)29-17(25)10-22-21(27)15-7-6-8-16(9-15)28-5/h6-9,14,23H,10H2,1-5H3,(H,22,27)/t14-/m1/s1. The van der Waals surface area contributed by atoms with Crippen LogP contribution in [0.3, 0.4) is 0 Å². The maximum atomic E-state index is 12.6. The van der Waals surface area contributed by atoms with Gasteiger partial charge in [0.25, 0.3) is 5.91 Å². The summed E-state index contributed by atoms with van der Waals surface area (Å²) in [4.78, 5) is 51.4. The Morgan fingerprint density at radius 3 is 2.45 bits per heavy atom. The lowest BCUT2D eigenvalue weighted by Crippen LogP contribution is -2.34. The van der Waals surface area contributed by atoms with Crippen LogP contribution in [0.25, 0.3) is 0 Å². The summed E-state index contributed by atoms with van der Waals surface area (Å²) in [5, 5.41) is 2.44. The van der Waals surface area contributed by atoms with Crippen LogP contribution in [0.4, 0.5) is 0 Å². The number of hydrogen-bond acceptors (Lipinski definition) is 6. The van der Waals surface area contributed by atoms with Crippen molar-refractivity contribution in [1.82, 2.24) is 10.3 Å². The molecule has 0 aliphatic heterocycles. The highest BCUT2D eigenvalue weighted by atomic mass is 16.5. The van der Waals surface area contributed by atoms with Crippen molar-refractivity contribution < 1.29 is 28.7 Å². The van der Waals surface area contributed by atoms with Crippen molar-refractivity contribution in [1.29, 1.82) is 0 Å². The van der Waals surface area contributed by atoms with Gasteiger partial charge in [0.05, 0.1) is 12.8 Å². The second-order valence-electron chi connectivity index (χ2n) is 6.59. The number of carbonyl (C=O) groups is 4. The fourth-order valence-electron chi connectivity index (χ4n) is 3.04.